The molecule has 1 heterocycles. The summed E-state index contributed by atoms with van der Waals surface area (Å²) in [4.78, 5) is 0. The molecule has 4 nitrogen and oxygen atoms in total. The molecular formula is C15H24N2O2. The van der Waals surface area contributed by atoms with Crippen molar-refractivity contribution in [3.63, 3.8) is 0 Å². The van der Waals surface area contributed by atoms with E-state index in [2.05, 4.69) is 31.3 Å². The van der Waals surface area contributed by atoms with E-state index in [1.807, 2.05) is 6.07 Å². The van der Waals surface area contributed by atoms with Crippen molar-refractivity contribution >= 4 is 0 Å². The van der Waals surface area contributed by atoms with Crippen molar-refractivity contribution in [2.45, 2.75) is 32.9 Å². The van der Waals surface area contributed by atoms with Crippen LogP contribution in [0, 0.1) is 5.92 Å². The van der Waals surface area contributed by atoms with Gasteiger partial charge in [-0.25, -0.2) is 0 Å². The summed E-state index contributed by atoms with van der Waals surface area (Å²) >= 11 is 0. The highest BCUT2D eigenvalue weighted by Gasteiger charge is 2.13. The highest BCUT2D eigenvalue weighted by Crippen LogP contribution is 2.30. The molecule has 0 amide bonds. The summed E-state index contributed by atoms with van der Waals surface area (Å²) in [7, 11) is 0. The van der Waals surface area contributed by atoms with Gasteiger partial charge in [0.2, 0.25) is 0 Å². The minimum Gasteiger partial charge on any atom is -0.490 e. The fourth-order valence-electron chi connectivity index (χ4n) is 2.16. The van der Waals surface area contributed by atoms with Crippen LogP contribution in [-0.4, -0.2) is 25.8 Å². The van der Waals surface area contributed by atoms with Gasteiger partial charge in [-0.1, -0.05) is 19.9 Å². The molecule has 1 aromatic rings. The van der Waals surface area contributed by atoms with Crippen molar-refractivity contribution < 1.29 is 9.47 Å². The van der Waals surface area contributed by atoms with E-state index in [4.69, 9.17) is 15.2 Å². The minimum absolute atomic E-state index is 0.343. The number of fused-ring (bicyclic) bond motifs is 1. The first kappa shape index (κ1) is 14.2. The quantitative estimate of drug-likeness (QED) is 0.853. The molecule has 1 aromatic carbocycles. The van der Waals surface area contributed by atoms with Crippen molar-refractivity contribution in [2.75, 3.05) is 19.8 Å². The van der Waals surface area contributed by atoms with Crippen molar-refractivity contribution in [3.8, 4) is 11.5 Å². The van der Waals surface area contributed by atoms with Gasteiger partial charge < -0.3 is 20.5 Å². The Balaban J connectivity index is 1.99. The van der Waals surface area contributed by atoms with Crippen molar-refractivity contribution in [2.24, 2.45) is 11.7 Å². The Morgan fingerprint density at radius 3 is 2.63 bits per heavy atom. The maximum absolute atomic E-state index is 5.76. The van der Waals surface area contributed by atoms with Gasteiger partial charge in [0, 0.05) is 25.6 Å². The average Bonchev–Trinajstić information content (AvgIpc) is 2.63. The van der Waals surface area contributed by atoms with E-state index >= 15 is 0 Å². The van der Waals surface area contributed by atoms with Crippen LogP contribution in [0.3, 0.4) is 0 Å². The zero-order chi connectivity index (χ0) is 13.7. The topological polar surface area (TPSA) is 56.5 Å². The molecule has 1 unspecified atom stereocenters. The third kappa shape index (κ3) is 3.85. The van der Waals surface area contributed by atoms with E-state index in [0.29, 0.717) is 18.5 Å². The second kappa shape index (κ2) is 6.78. The zero-order valence-electron chi connectivity index (χ0n) is 11.8. The molecule has 0 saturated heterocycles. The Kier molecular flexibility index (Phi) is 5.05. The van der Waals surface area contributed by atoms with Crippen LogP contribution in [-0.2, 0) is 6.54 Å². The third-order valence-corrected chi connectivity index (χ3v) is 3.44. The summed E-state index contributed by atoms with van der Waals surface area (Å²) in [5.74, 6) is 2.23. The standard InChI is InChI=1S/C15H24N2O2/c1-11(2)13(9-16)17-10-12-4-5-14-15(8-12)19-7-3-6-18-14/h4-5,8,11,13,17H,3,6-7,9-10,16H2,1-2H3. The van der Waals surface area contributed by atoms with Gasteiger partial charge in [0.1, 0.15) is 0 Å². The zero-order valence-corrected chi connectivity index (χ0v) is 11.8. The maximum Gasteiger partial charge on any atom is 0.161 e. The lowest BCUT2D eigenvalue weighted by molar-refractivity contribution is 0.297. The molecule has 0 aromatic heterocycles. The van der Waals surface area contributed by atoms with Gasteiger partial charge in [0.25, 0.3) is 0 Å². The highest BCUT2D eigenvalue weighted by molar-refractivity contribution is 5.43. The van der Waals surface area contributed by atoms with Gasteiger partial charge >= 0.3 is 0 Å². The normalized spacial score (nSPS) is 16.2. The lowest BCUT2D eigenvalue weighted by Crippen LogP contribution is -2.39. The molecule has 19 heavy (non-hydrogen) atoms. The number of benzene rings is 1. The molecule has 0 aliphatic carbocycles. The predicted molar refractivity (Wildman–Crippen MR) is 76.6 cm³/mol. The first-order chi connectivity index (χ1) is 9.20. The minimum atomic E-state index is 0.343. The maximum atomic E-state index is 5.76. The Morgan fingerprint density at radius 1 is 1.21 bits per heavy atom. The van der Waals surface area contributed by atoms with Crippen LogP contribution in [0.4, 0.5) is 0 Å². The van der Waals surface area contributed by atoms with Crippen LogP contribution >= 0.6 is 0 Å². The highest BCUT2D eigenvalue weighted by atomic mass is 16.5. The number of hydrogen-bond donors (Lipinski definition) is 2. The van der Waals surface area contributed by atoms with Crippen LogP contribution in [0.2, 0.25) is 0 Å². The summed E-state index contributed by atoms with van der Waals surface area (Å²) in [6, 6.07) is 6.47. The van der Waals surface area contributed by atoms with E-state index in [9.17, 15) is 0 Å². The summed E-state index contributed by atoms with van der Waals surface area (Å²) in [6.45, 7) is 7.27. The second-order valence-electron chi connectivity index (χ2n) is 5.30. The summed E-state index contributed by atoms with van der Waals surface area (Å²) in [5.41, 5.74) is 6.96. The largest absolute Gasteiger partial charge is 0.490 e. The van der Waals surface area contributed by atoms with Gasteiger partial charge in [-0.05, 0) is 23.6 Å². The molecule has 1 aliphatic rings. The molecule has 106 valence electrons. The van der Waals surface area contributed by atoms with Crippen molar-refractivity contribution in [1.29, 1.82) is 0 Å². The van der Waals surface area contributed by atoms with Crippen molar-refractivity contribution in [1.82, 2.24) is 5.32 Å². The molecule has 1 atom stereocenters. The molecule has 4 heteroatoms. The average molecular weight is 264 g/mol. The fraction of sp³-hybridized carbons (Fsp3) is 0.600. The number of nitrogens with one attached hydrogen (secondary N) is 1. The Bertz CT molecular complexity index is 407. The van der Waals surface area contributed by atoms with E-state index in [0.717, 1.165) is 37.7 Å². The molecule has 1 aliphatic heterocycles. The Morgan fingerprint density at radius 2 is 1.95 bits per heavy atom. The lowest BCUT2D eigenvalue weighted by Gasteiger charge is -2.20. The summed E-state index contributed by atoms with van der Waals surface area (Å²) in [5, 5.41) is 3.49. The van der Waals surface area contributed by atoms with E-state index in [1.165, 1.54) is 5.56 Å². The smallest absolute Gasteiger partial charge is 0.161 e. The van der Waals surface area contributed by atoms with E-state index < -0.39 is 0 Å². The number of hydrogen-bond acceptors (Lipinski definition) is 4. The number of nitrogens with two attached hydrogens (primary N) is 1. The van der Waals surface area contributed by atoms with Crippen LogP contribution in [0.25, 0.3) is 0 Å². The molecule has 0 saturated carbocycles. The SMILES string of the molecule is CC(C)C(CN)NCc1ccc2c(c1)OCCCO2. The Hall–Kier alpha value is -1.26. The van der Waals surface area contributed by atoms with Crippen LogP contribution < -0.4 is 20.5 Å². The van der Waals surface area contributed by atoms with E-state index in [1.54, 1.807) is 0 Å². The van der Waals surface area contributed by atoms with Gasteiger partial charge in [0.15, 0.2) is 11.5 Å². The second-order valence-corrected chi connectivity index (χ2v) is 5.30. The third-order valence-electron chi connectivity index (χ3n) is 3.44. The summed E-state index contributed by atoms with van der Waals surface area (Å²) in [6.07, 6.45) is 0.935. The molecule has 2 rings (SSSR count). The lowest BCUT2D eigenvalue weighted by atomic mass is 10.0. The van der Waals surface area contributed by atoms with Gasteiger partial charge in [-0.3, -0.25) is 0 Å². The molecule has 0 radical (unpaired) electrons. The number of ether oxygens (including phenoxy) is 2. The van der Waals surface area contributed by atoms with Gasteiger partial charge in [-0.2, -0.15) is 0 Å². The van der Waals surface area contributed by atoms with Gasteiger partial charge in [-0.15, -0.1) is 0 Å². The van der Waals surface area contributed by atoms with Gasteiger partial charge in [0.05, 0.1) is 13.2 Å². The molecular weight excluding hydrogens is 240 g/mol. The van der Waals surface area contributed by atoms with E-state index in [-0.39, 0.29) is 0 Å². The fourth-order valence-corrected chi connectivity index (χ4v) is 2.16. The summed E-state index contributed by atoms with van der Waals surface area (Å²) < 4.78 is 11.3. The first-order valence-corrected chi connectivity index (χ1v) is 7.02. The van der Waals surface area contributed by atoms with Crippen LogP contribution in [0.5, 0.6) is 11.5 Å². The first-order valence-electron chi connectivity index (χ1n) is 7.02. The van der Waals surface area contributed by atoms with Crippen molar-refractivity contribution in [3.05, 3.63) is 23.8 Å². The Labute approximate surface area is 115 Å². The molecule has 0 bridgehead atoms. The molecule has 0 fully saturated rings. The predicted octanol–water partition coefficient (Wildman–Crippen LogP) is 1.92. The molecule has 0 spiro atoms. The van der Waals surface area contributed by atoms with Crippen LogP contribution in [0.1, 0.15) is 25.8 Å². The monoisotopic (exact) mass is 264 g/mol. The number of rotatable bonds is 5. The van der Waals surface area contributed by atoms with Crippen LogP contribution in [0.15, 0.2) is 18.2 Å². The molecule has 3 N–H and O–H groups in total.